The van der Waals surface area contributed by atoms with Crippen molar-refractivity contribution in [3.05, 3.63) is 131 Å². The first-order chi connectivity index (χ1) is 21.3. The van der Waals surface area contributed by atoms with Crippen molar-refractivity contribution in [1.82, 2.24) is 4.98 Å². The molecule has 12 heteroatoms. The predicted octanol–water partition coefficient (Wildman–Crippen LogP) is 10.7. The maximum atomic E-state index is 15.1. The van der Waals surface area contributed by atoms with Gasteiger partial charge in [-0.25, -0.2) is 35.7 Å². The highest BCUT2D eigenvalue weighted by molar-refractivity contribution is 7.21. The molecule has 0 bridgehead atoms. The standard InChI is InChI=1S/C33H16F9NOS/c1-15-2-7-28-29(8-15)45-32(43-28)16-3-5-20(22(34)9-16)17-10-24(36)30(25(37)11-17)33(41,42)44-19-4-6-21(23(35)14-19)18-12-26(38)31(40)27(39)13-18/h2-14H,1H3. The van der Waals surface area contributed by atoms with Crippen LogP contribution in [0, 0.1) is 47.6 Å². The number of hydrogen-bond donors (Lipinski definition) is 0. The second-order valence-electron chi connectivity index (χ2n) is 10.0. The Morgan fingerprint density at radius 2 is 1.16 bits per heavy atom. The van der Waals surface area contributed by atoms with Gasteiger partial charge in [0.25, 0.3) is 0 Å². The van der Waals surface area contributed by atoms with Crippen molar-refractivity contribution < 1.29 is 44.3 Å². The third-order valence-electron chi connectivity index (χ3n) is 6.89. The van der Waals surface area contributed by atoms with Gasteiger partial charge in [-0.15, -0.1) is 11.3 Å². The molecule has 228 valence electrons. The summed E-state index contributed by atoms with van der Waals surface area (Å²) in [6.07, 6.45) is -4.68. The van der Waals surface area contributed by atoms with Gasteiger partial charge in [0.1, 0.15) is 39.6 Å². The number of aryl methyl sites for hydroxylation is 1. The Morgan fingerprint density at radius 1 is 0.600 bits per heavy atom. The number of nitrogens with zero attached hydrogens (tertiary/aromatic N) is 1. The van der Waals surface area contributed by atoms with E-state index in [9.17, 15) is 35.1 Å². The SMILES string of the molecule is Cc1ccc2nc(-c3ccc(-c4cc(F)c(C(F)(F)Oc5ccc(-c6cc(F)c(F)c(F)c6)c(F)c5)c(F)c4)c(F)c3)sc2c1. The lowest BCUT2D eigenvalue weighted by Gasteiger charge is -2.20. The van der Waals surface area contributed by atoms with Crippen molar-refractivity contribution in [1.29, 1.82) is 0 Å². The van der Waals surface area contributed by atoms with E-state index in [-0.39, 0.29) is 11.1 Å². The summed E-state index contributed by atoms with van der Waals surface area (Å²) in [5, 5.41) is 0.506. The van der Waals surface area contributed by atoms with Crippen LogP contribution >= 0.6 is 11.3 Å². The largest absolute Gasteiger partial charge is 0.432 e. The van der Waals surface area contributed by atoms with E-state index in [0.717, 1.165) is 28.5 Å². The molecule has 0 fully saturated rings. The van der Waals surface area contributed by atoms with Gasteiger partial charge >= 0.3 is 6.11 Å². The molecule has 0 aliphatic rings. The molecule has 0 radical (unpaired) electrons. The number of rotatable bonds is 6. The zero-order valence-corrected chi connectivity index (χ0v) is 23.5. The van der Waals surface area contributed by atoms with Crippen LogP contribution in [0.2, 0.25) is 0 Å². The molecule has 0 saturated heterocycles. The van der Waals surface area contributed by atoms with Gasteiger partial charge < -0.3 is 4.74 Å². The second kappa shape index (κ2) is 11.3. The number of thiazole rings is 1. The van der Waals surface area contributed by atoms with Crippen LogP contribution in [0.4, 0.5) is 39.5 Å². The zero-order chi connectivity index (χ0) is 32.2. The van der Waals surface area contributed by atoms with Crippen molar-refractivity contribution in [2.45, 2.75) is 13.0 Å². The van der Waals surface area contributed by atoms with Gasteiger partial charge in [0.2, 0.25) is 0 Å². The summed E-state index contributed by atoms with van der Waals surface area (Å²) in [5.74, 6) is -11.6. The Kier molecular flexibility index (Phi) is 7.56. The van der Waals surface area contributed by atoms with E-state index in [1.165, 1.54) is 23.5 Å². The van der Waals surface area contributed by atoms with Crippen molar-refractivity contribution in [2.75, 3.05) is 0 Å². The molecule has 6 aromatic rings. The first-order valence-corrected chi connectivity index (χ1v) is 13.8. The van der Waals surface area contributed by atoms with Crippen LogP contribution in [0.25, 0.3) is 43.0 Å². The molecular weight excluding hydrogens is 629 g/mol. The third-order valence-corrected chi connectivity index (χ3v) is 7.95. The van der Waals surface area contributed by atoms with Gasteiger partial charge in [-0.1, -0.05) is 18.2 Å². The summed E-state index contributed by atoms with van der Waals surface area (Å²) >= 11 is 1.32. The van der Waals surface area contributed by atoms with Gasteiger partial charge in [-0.2, -0.15) is 8.78 Å². The molecule has 0 aliphatic heterocycles. The lowest BCUT2D eigenvalue weighted by molar-refractivity contribution is -0.189. The number of aromatic nitrogens is 1. The highest BCUT2D eigenvalue weighted by Crippen LogP contribution is 2.39. The average molecular weight is 646 g/mol. The molecule has 0 saturated carbocycles. The number of benzene rings is 5. The van der Waals surface area contributed by atoms with Crippen molar-refractivity contribution >= 4 is 21.6 Å². The molecule has 1 aromatic heterocycles. The van der Waals surface area contributed by atoms with Crippen LogP contribution in [0.5, 0.6) is 5.75 Å². The number of fused-ring (bicyclic) bond motifs is 1. The summed E-state index contributed by atoms with van der Waals surface area (Å²) in [7, 11) is 0. The number of hydrogen-bond acceptors (Lipinski definition) is 3. The Balaban J connectivity index is 1.26. The summed E-state index contributed by atoms with van der Waals surface area (Å²) in [6, 6.07) is 13.5. The first kappa shape index (κ1) is 30.2. The van der Waals surface area contributed by atoms with Crippen molar-refractivity contribution in [2.24, 2.45) is 0 Å². The van der Waals surface area contributed by atoms with Gasteiger partial charge in [0.05, 0.1) is 10.2 Å². The average Bonchev–Trinajstić information content (AvgIpc) is 3.38. The topological polar surface area (TPSA) is 22.1 Å². The summed E-state index contributed by atoms with van der Waals surface area (Å²) in [4.78, 5) is 4.47. The highest BCUT2D eigenvalue weighted by Gasteiger charge is 2.41. The number of alkyl halides is 2. The van der Waals surface area contributed by atoms with E-state index >= 15 is 4.39 Å². The molecular formula is C33H16F9NOS. The second-order valence-corrected chi connectivity index (χ2v) is 11.0. The smallest absolute Gasteiger partial charge is 0.429 e. The summed E-state index contributed by atoms with van der Waals surface area (Å²) in [6.45, 7) is 1.92. The quantitative estimate of drug-likeness (QED) is 0.133. The van der Waals surface area contributed by atoms with Crippen LogP contribution in [-0.4, -0.2) is 4.98 Å². The van der Waals surface area contributed by atoms with E-state index in [1.807, 2.05) is 25.1 Å². The first-order valence-electron chi connectivity index (χ1n) is 13.0. The maximum absolute atomic E-state index is 15.1. The fourth-order valence-corrected chi connectivity index (χ4v) is 5.81. The maximum Gasteiger partial charge on any atom is 0.432 e. The van der Waals surface area contributed by atoms with Crippen LogP contribution in [0.3, 0.4) is 0 Å². The Morgan fingerprint density at radius 3 is 1.76 bits per heavy atom. The Bertz CT molecular complexity index is 2080. The molecule has 0 atom stereocenters. The fourth-order valence-electron chi connectivity index (χ4n) is 4.75. The third kappa shape index (κ3) is 5.73. The molecule has 0 N–H and O–H groups in total. The molecule has 1 heterocycles. The van der Waals surface area contributed by atoms with Crippen LogP contribution in [0.1, 0.15) is 11.1 Å². The van der Waals surface area contributed by atoms with Crippen LogP contribution in [-0.2, 0) is 6.11 Å². The monoisotopic (exact) mass is 645 g/mol. The Labute approximate surface area is 253 Å². The van der Waals surface area contributed by atoms with Gasteiger partial charge in [0, 0.05) is 22.8 Å². The van der Waals surface area contributed by atoms with E-state index in [2.05, 4.69) is 9.72 Å². The van der Waals surface area contributed by atoms with Gasteiger partial charge in [-0.3, -0.25) is 0 Å². The Hall–Kier alpha value is -4.84. The molecule has 6 rings (SSSR count). The zero-order valence-electron chi connectivity index (χ0n) is 22.7. The molecule has 2 nitrogen and oxygen atoms in total. The molecule has 0 spiro atoms. The summed E-state index contributed by atoms with van der Waals surface area (Å²) < 4.78 is 135. The minimum atomic E-state index is -4.68. The normalized spacial score (nSPS) is 11.8. The van der Waals surface area contributed by atoms with Crippen molar-refractivity contribution in [3.8, 4) is 38.6 Å². The summed E-state index contributed by atoms with van der Waals surface area (Å²) in [5.41, 5.74) is -1.25. The minimum Gasteiger partial charge on any atom is -0.429 e. The van der Waals surface area contributed by atoms with E-state index < -0.39 is 69.3 Å². The molecule has 0 aliphatic carbocycles. The van der Waals surface area contributed by atoms with Crippen LogP contribution in [0.15, 0.2) is 78.9 Å². The highest BCUT2D eigenvalue weighted by atomic mass is 32.1. The molecule has 0 unspecified atom stereocenters. The lowest BCUT2D eigenvalue weighted by Crippen LogP contribution is -2.25. The number of ether oxygens (including phenoxy) is 1. The fraction of sp³-hybridized carbons (Fsp3) is 0.0606. The minimum absolute atomic E-state index is 0.268. The van der Waals surface area contributed by atoms with E-state index in [1.54, 1.807) is 0 Å². The van der Waals surface area contributed by atoms with E-state index in [4.69, 9.17) is 0 Å². The molecule has 0 amide bonds. The lowest BCUT2D eigenvalue weighted by atomic mass is 10.0. The van der Waals surface area contributed by atoms with E-state index in [0.29, 0.717) is 46.4 Å². The predicted molar refractivity (Wildman–Crippen MR) is 151 cm³/mol. The molecule has 45 heavy (non-hydrogen) atoms. The molecule has 5 aromatic carbocycles. The van der Waals surface area contributed by atoms with Gasteiger partial charge in [-0.05, 0) is 78.2 Å². The number of halogens is 9. The van der Waals surface area contributed by atoms with Gasteiger partial charge in [0.15, 0.2) is 17.5 Å². The van der Waals surface area contributed by atoms with Crippen molar-refractivity contribution in [3.63, 3.8) is 0 Å². The van der Waals surface area contributed by atoms with Crippen LogP contribution < -0.4 is 4.74 Å².